The smallest absolute Gasteiger partial charge is 0.321 e. The second-order valence-electron chi connectivity index (χ2n) is 19.6. The van der Waals surface area contributed by atoms with E-state index in [0.29, 0.717) is 63.5 Å². The summed E-state index contributed by atoms with van der Waals surface area (Å²) in [6.45, 7) is 23.9. The number of aromatic nitrogens is 3. The minimum Gasteiger partial charge on any atom is -0.468 e. The van der Waals surface area contributed by atoms with E-state index < -0.39 is 11.9 Å². The maximum absolute atomic E-state index is 14.4. The molecule has 0 aromatic carbocycles. The van der Waals surface area contributed by atoms with E-state index in [0.717, 1.165) is 70.1 Å². The average molecular weight is 887 g/mol. The number of aldehydes is 1. The molecule has 0 saturated carbocycles. The van der Waals surface area contributed by atoms with E-state index in [-0.39, 0.29) is 36.6 Å². The Bertz CT molecular complexity index is 2500. The number of Topliss-reactive ketones (excluding diaryl/α,β-unsaturated/α-hetero) is 1. The van der Waals surface area contributed by atoms with Gasteiger partial charge in [-0.25, -0.2) is 0 Å². The fourth-order valence-corrected chi connectivity index (χ4v) is 10.4. The fraction of sp³-hybridized carbons (Fsp3) is 0.527. The van der Waals surface area contributed by atoms with Crippen LogP contribution in [-0.2, 0) is 25.5 Å². The van der Waals surface area contributed by atoms with Crippen molar-refractivity contribution in [3.05, 3.63) is 96.5 Å². The van der Waals surface area contributed by atoms with Gasteiger partial charge in [0.05, 0.1) is 18.2 Å². The monoisotopic (exact) mass is 887 g/mol. The minimum atomic E-state index is -1.19. The van der Waals surface area contributed by atoms with Gasteiger partial charge in [0.2, 0.25) is 0 Å². The van der Waals surface area contributed by atoms with Gasteiger partial charge in [0.1, 0.15) is 12.5 Å². The highest BCUT2D eigenvalue weighted by Crippen LogP contribution is 2.48. The molecule has 3 aromatic rings. The van der Waals surface area contributed by atoms with Gasteiger partial charge in [-0.1, -0.05) is 105 Å². The molecule has 0 amide bonds. The molecule has 3 aromatic heterocycles. The van der Waals surface area contributed by atoms with Crippen LogP contribution in [0.25, 0.3) is 29.9 Å². The number of fused-ring (bicyclic) bond motifs is 7. The molecule has 1 aliphatic carbocycles. The molecule has 1 fully saturated rings. The molecule has 0 radical (unpaired) electrons. The third kappa shape index (κ3) is 10.8. The number of hydrogen-bond acceptors (Lipinski definition) is 7. The molecule has 4 N–H and O–H groups in total. The van der Waals surface area contributed by atoms with Gasteiger partial charge in [-0.2, -0.15) is 0 Å². The van der Waals surface area contributed by atoms with E-state index >= 15 is 0 Å². The standard InChI is InChI=1S/C55H74N4O6/c1-12-38-35(8)42-27-43-36(9)40(23-24-48(61)65-26-25-34(7)22-16-21-33(6)20-15-19-32(5)18-14-17-31(3)4)52(58-43)50-51(55(63)64-11)54(62)49-37(10)44(59-53(49)50)28-46-39(13-2)41(30-60)47(57-46)29-45(38)56-42/h12,25,27-33,36,40,51,56-59H,1,13-24,26H2,2-11H3/b34-25+,43-27-,46-28-,47-29+,52-50-/t32-,33-,36+,40+,51-/m1/s1. The molecule has 5 heterocycles. The molecule has 10 nitrogen and oxygen atoms in total. The third-order valence-electron chi connectivity index (χ3n) is 14.4. The van der Waals surface area contributed by atoms with Gasteiger partial charge in [0.25, 0.3) is 0 Å². The van der Waals surface area contributed by atoms with E-state index in [1.54, 1.807) is 0 Å². The summed E-state index contributed by atoms with van der Waals surface area (Å²) in [5.41, 5.74) is 10.6. The first-order valence-corrected chi connectivity index (χ1v) is 24.2. The normalized spacial score (nSPS) is 21.8. The minimum absolute atomic E-state index is 0.134. The van der Waals surface area contributed by atoms with Crippen LogP contribution in [0.5, 0.6) is 0 Å². The number of ketones is 1. The van der Waals surface area contributed by atoms with E-state index in [2.05, 4.69) is 74.5 Å². The summed E-state index contributed by atoms with van der Waals surface area (Å²) in [5.74, 6) is -0.546. The number of carbonyl (C=O) groups is 4. The first-order valence-electron chi connectivity index (χ1n) is 24.2. The third-order valence-corrected chi connectivity index (χ3v) is 14.4. The Morgan fingerprint density at radius 3 is 2.15 bits per heavy atom. The number of H-pyrrole nitrogens is 3. The van der Waals surface area contributed by atoms with Gasteiger partial charge >= 0.3 is 11.9 Å². The molecule has 350 valence electrons. The van der Waals surface area contributed by atoms with Crippen molar-refractivity contribution in [2.45, 2.75) is 139 Å². The van der Waals surface area contributed by atoms with E-state index in [4.69, 9.17) is 9.47 Å². The van der Waals surface area contributed by atoms with Crippen LogP contribution >= 0.6 is 0 Å². The molecule has 10 heteroatoms. The van der Waals surface area contributed by atoms with Crippen molar-refractivity contribution in [3.8, 4) is 0 Å². The molecular weight excluding hydrogens is 813 g/mol. The van der Waals surface area contributed by atoms with Crippen LogP contribution in [-0.4, -0.2) is 52.7 Å². The van der Waals surface area contributed by atoms with Crippen LogP contribution in [0, 0.1) is 49.4 Å². The number of hydrogen-bond donors (Lipinski definition) is 4. The van der Waals surface area contributed by atoms with Crippen molar-refractivity contribution in [3.63, 3.8) is 0 Å². The summed E-state index contributed by atoms with van der Waals surface area (Å²) in [7, 11) is 1.30. The number of aromatic amines is 3. The topological polar surface area (TPSA) is 146 Å². The average Bonchev–Trinajstić information content (AvgIpc) is 4.02. The predicted octanol–water partition coefficient (Wildman–Crippen LogP) is 10.6. The Kier molecular flexibility index (Phi) is 16.4. The van der Waals surface area contributed by atoms with Gasteiger partial charge in [0.15, 0.2) is 12.1 Å². The number of nitrogens with one attached hydrogen (secondary N) is 4. The zero-order valence-corrected chi connectivity index (χ0v) is 40.8. The van der Waals surface area contributed by atoms with Crippen LogP contribution in [0.3, 0.4) is 0 Å². The molecule has 3 aliphatic rings. The molecule has 65 heavy (non-hydrogen) atoms. The molecule has 1 saturated heterocycles. The Morgan fingerprint density at radius 1 is 0.846 bits per heavy atom. The van der Waals surface area contributed by atoms with Crippen LogP contribution in [0.2, 0.25) is 0 Å². The highest BCUT2D eigenvalue weighted by Gasteiger charge is 2.48. The Hall–Kier alpha value is -5.38. The van der Waals surface area contributed by atoms with E-state index in [1.807, 2.05) is 45.1 Å². The summed E-state index contributed by atoms with van der Waals surface area (Å²) >= 11 is 0. The Morgan fingerprint density at radius 2 is 1.51 bits per heavy atom. The molecular formula is C55H74N4O6. The lowest BCUT2D eigenvalue weighted by Crippen LogP contribution is -2.25. The Labute approximate surface area is 386 Å². The van der Waals surface area contributed by atoms with Crippen LogP contribution in [0.4, 0.5) is 0 Å². The van der Waals surface area contributed by atoms with Gasteiger partial charge in [-0.3, -0.25) is 19.2 Å². The fourth-order valence-electron chi connectivity index (χ4n) is 10.4. The lowest BCUT2D eigenvalue weighted by Gasteiger charge is -2.19. The van der Waals surface area contributed by atoms with Gasteiger partial charge in [-0.05, 0) is 105 Å². The largest absolute Gasteiger partial charge is 0.468 e. The lowest BCUT2D eigenvalue weighted by molar-refractivity contribution is -0.143. The number of allylic oxidation sites excluding steroid dienone is 3. The van der Waals surface area contributed by atoms with Gasteiger partial charge in [0, 0.05) is 74.3 Å². The predicted molar refractivity (Wildman–Crippen MR) is 262 cm³/mol. The number of rotatable bonds is 21. The van der Waals surface area contributed by atoms with Crippen molar-refractivity contribution < 1.29 is 28.7 Å². The van der Waals surface area contributed by atoms with E-state index in [1.165, 1.54) is 57.6 Å². The molecule has 8 bridgehead atoms. The van der Waals surface area contributed by atoms with Crippen LogP contribution in [0.15, 0.2) is 29.6 Å². The summed E-state index contributed by atoms with van der Waals surface area (Å²) < 4.78 is 11.1. The lowest BCUT2D eigenvalue weighted by atomic mass is 9.85. The molecule has 5 atom stereocenters. The summed E-state index contributed by atoms with van der Waals surface area (Å²) in [5, 5.41) is 5.08. The quantitative estimate of drug-likeness (QED) is 0.0361. The van der Waals surface area contributed by atoms with Crippen molar-refractivity contribution >= 4 is 53.9 Å². The molecule has 6 rings (SSSR count). The van der Waals surface area contributed by atoms with Crippen molar-refractivity contribution in [2.75, 3.05) is 13.7 Å². The SMILES string of the molecule is C=Cc1c2[nH]c(c1C)/C=C1\N/C(=C3\c4[nH]c(c(C)c4C(=O)[C@@H]3C(=O)OC)/C=c3\[nH]/c(c(C=O)c3CC)=C/2)[C@@H](CCC(=O)OC/C=C(\C)CCC[C@H](C)CCC[C@H](C)CCCC(C)C)[C@@H]1C. The van der Waals surface area contributed by atoms with Crippen LogP contribution in [0.1, 0.15) is 185 Å². The zero-order chi connectivity index (χ0) is 47.1. The zero-order valence-electron chi connectivity index (χ0n) is 40.8. The van der Waals surface area contributed by atoms with Crippen molar-refractivity contribution in [2.24, 2.45) is 35.5 Å². The molecule has 2 aliphatic heterocycles. The second-order valence-corrected chi connectivity index (χ2v) is 19.6. The second kappa shape index (κ2) is 21.7. The van der Waals surface area contributed by atoms with Crippen molar-refractivity contribution in [1.29, 1.82) is 0 Å². The van der Waals surface area contributed by atoms with Crippen LogP contribution < -0.4 is 16.0 Å². The van der Waals surface area contributed by atoms with Gasteiger partial charge in [-0.15, -0.1) is 0 Å². The summed E-state index contributed by atoms with van der Waals surface area (Å²) in [4.78, 5) is 64.7. The highest BCUT2D eigenvalue weighted by molar-refractivity contribution is 6.24. The maximum Gasteiger partial charge on any atom is 0.321 e. The first-order chi connectivity index (χ1) is 31.1. The maximum atomic E-state index is 14.4. The number of esters is 2. The van der Waals surface area contributed by atoms with Crippen molar-refractivity contribution in [1.82, 2.24) is 20.3 Å². The van der Waals surface area contributed by atoms with E-state index in [9.17, 15) is 19.2 Å². The summed E-state index contributed by atoms with van der Waals surface area (Å²) in [6, 6.07) is 0. The molecule has 0 spiro atoms. The molecule has 0 unspecified atom stereocenters. The number of methoxy groups -OCH3 is 1. The first kappa shape index (κ1) is 49.1. The number of ether oxygens (including phenoxy) is 2. The van der Waals surface area contributed by atoms with Gasteiger partial charge < -0.3 is 29.7 Å². The highest BCUT2D eigenvalue weighted by atomic mass is 16.5. The Balaban J connectivity index is 1.23. The number of carbonyl (C=O) groups excluding carboxylic acids is 4. The summed E-state index contributed by atoms with van der Waals surface area (Å²) in [6.07, 6.45) is 23.1.